The molecule has 2 amide bonds. The molecular weight excluding hydrogens is 817 g/mol. The average molecular weight is 855 g/mol. The predicted molar refractivity (Wildman–Crippen MR) is 238 cm³/mol. The number of hydrogen-bond donors (Lipinski definition) is 4. The fourth-order valence-corrected chi connectivity index (χ4v) is 7.56. The van der Waals surface area contributed by atoms with Crippen LogP contribution in [-0.2, 0) is 0 Å². The number of amides is 2. The molecule has 318 valence electrons. The monoisotopic (exact) mass is 854 g/mol. The van der Waals surface area contributed by atoms with Gasteiger partial charge >= 0.3 is 11.9 Å². The van der Waals surface area contributed by atoms with E-state index in [0.29, 0.717) is 67.5 Å². The molecule has 64 heavy (non-hydrogen) atoms. The fourth-order valence-electron chi connectivity index (χ4n) is 7.56. The van der Waals surface area contributed by atoms with E-state index in [1.54, 1.807) is 132 Å². The standard InChI is InChI=1S/C50H38N4O10/c1-29-41(43(55)31-11-7-15-35(25-31)49(59)60)39-19-3-5-21-53(39)45(29)51-47(57)33-13-9-17-37(27-33)63-23-24-64-38-18-10-14-34(28-38)48(58)52-46-30(2)42(40-20-4-6-22-54(40)46)44(56)32-12-8-16-36(26-32)50(61)62/h3-22,25-28H,23-24H2,1-2H3,(H,51,57)(H,52,58)(H,59,60)(H,61,62). The molecule has 0 saturated heterocycles. The van der Waals surface area contributed by atoms with E-state index in [1.165, 1.54) is 36.4 Å². The first-order valence-corrected chi connectivity index (χ1v) is 19.9. The summed E-state index contributed by atoms with van der Waals surface area (Å²) in [5, 5.41) is 24.8. The van der Waals surface area contributed by atoms with Gasteiger partial charge in [-0.3, -0.25) is 19.2 Å². The third-order valence-corrected chi connectivity index (χ3v) is 10.6. The van der Waals surface area contributed by atoms with Crippen LogP contribution in [0.5, 0.6) is 11.5 Å². The number of benzene rings is 4. The molecule has 0 bridgehead atoms. The Morgan fingerprint density at radius 2 is 0.844 bits per heavy atom. The maximum atomic E-state index is 13.7. The molecule has 4 aromatic carbocycles. The summed E-state index contributed by atoms with van der Waals surface area (Å²) >= 11 is 0. The maximum absolute atomic E-state index is 13.7. The molecule has 8 rings (SSSR count). The first kappa shape index (κ1) is 41.9. The number of nitrogens with zero attached hydrogens (tertiary/aromatic N) is 2. The Balaban J connectivity index is 0.911. The van der Waals surface area contributed by atoms with Crippen LogP contribution in [0.1, 0.15) is 84.4 Å². The van der Waals surface area contributed by atoms with Gasteiger partial charge in [0.15, 0.2) is 11.6 Å². The molecule has 0 aliphatic carbocycles. The third kappa shape index (κ3) is 8.30. The number of carboxylic acid groups (broad SMARTS) is 2. The minimum atomic E-state index is -1.15. The summed E-state index contributed by atoms with van der Waals surface area (Å²) in [6.45, 7) is 3.63. The zero-order chi connectivity index (χ0) is 45.1. The summed E-state index contributed by atoms with van der Waals surface area (Å²) in [6, 6.07) is 35.3. The van der Waals surface area contributed by atoms with E-state index in [1.807, 2.05) is 0 Å². The number of ketones is 2. The number of aromatic carboxylic acids is 2. The Bertz CT molecular complexity index is 2990. The Labute approximate surface area is 364 Å². The molecule has 0 aliphatic rings. The zero-order valence-electron chi connectivity index (χ0n) is 34.3. The second-order valence-corrected chi connectivity index (χ2v) is 14.7. The highest BCUT2D eigenvalue weighted by atomic mass is 16.5. The summed E-state index contributed by atoms with van der Waals surface area (Å²) in [7, 11) is 0. The SMILES string of the molecule is Cc1c(C(=O)c2cccc(C(=O)O)c2)c2ccccn2c1NC(=O)c1cccc(OCCOc2cccc(C(=O)Nc3c(C)c(C(=O)c4cccc(C(=O)O)c4)c4ccccn34)c2)c1. The molecule has 0 saturated carbocycles. The number of carbonyl (C=O) groups excluding carboxylic acids is 4. The van der Waals surface area contributed by atoms with Crippen molar-refractivity contribution in [2.24, 2.45) is 0 Å². The van der Waals surface area contributed by atoms with E-state index in [4.69, 9.17) is 9.47 Å². The number of carboxylic acids is 2. The molecule has 0 spiro atoms. The fraction of sp³-hybridized carbons (Fsp3) is 0.0800. The molecule has 0 radical (unpaired) electrons. The van der Waals surface area contributed by atoms with E-state index < -0.39 is 23.8 Å². The Morgan fingerprint density at radius 3 is 1.25 bits per heavy atom. The van der Waals surface area contributed by atoms with Gasteiger partial charge in [0, 0.05) is 45.8 Å². The van der Waals surface area contributed by atoms with Crippen LogP contribution in [0.2, 0.25) is 0 Å². The normalized spacial score (nSPS) is 11.0. The zero-order valence-corrected chi connectivity index (χ0v) is 34.3. The van der Waals surface area contributed by atoms with Gasteiger partial charge in [-0.25, -0.2) is 9.59 Å². The number of pyridine rings is 2. The van der Waals surface area contributed by atoms with Crippen LogP contribution in [0.15, 0.2) is 146 Å². The Morgan fingerprint density at radius 1 is 0.469 bits per heavy atom. The largest absolute Gasteiger partial charge is 0.490 e. The van der Waals surface area contributed by atoms with Crippen molar-refractivity contribution in [1.29, 1.82) is 0 Å². The van der Waals surface area contributed by atoms with E-state index in [0.717, 1.165) is 0 Å². The van der Waals surface area contributed by atoms with Crippen LogP contribution in [0.4, 0.5) is 11.6 Å². The quantitative estimate of drug-likeness (QED) is 0.0573. The number of carbonyl (C=O) groups is 6. The highest BCUT2D eigenvalue weighted by Crippen LogP contribution is 2.32. The predicted octanol–water partition coefficient (Wildman–Crippen LogP) is 8.63. The highest BCUT2D eigenvalue weighted by molar-refractivity contribution is 6.18. The second-order valence-electron chi connectivity index (χ2n) is 14.7. The molecule has 14 nitrogen and oxygen atoms in total. The van der Waals surface area contributed by atoms with Gasteiger partial charge in [0.1, 0.15) is 36.3 Å². The van der Waals surface area contributed by atoms with Crippen molar-refractivity contribution < 1.29 is 48.5 Å². The van der Waals surface area contributed by atoms with E-state index in [2.05, 4.69) is 10.6 Å². The van der Waals surface area contributed by atoms with Gasteiger partial charge in [-0.1, -0.05) is 48.5 Å². The van der Waals surface area contributed by atoms with Crippen LogP contribution in [0, 0.1) is 13.8 Å². The van der Waals surface area contributed by atoms with Crippen molar-refractivity contribution in [3.8, 4) is 11.5 Å². The molecular formula is C50H38N4O10. The minimum absolute atomic E-state index is 0.0143. The van der Waals surface area contributed by atoms with Gasteiger partial charge in [-0.15, -0.1) is 0 Å². The summed E-state index contributed by atoms with van der Waals surface area (Å²) in [6.07, 6.45) is 3.45. The molecule has 4 aromatic heterocycles. The number of aromatic nitrogens is 2. The van der Waals surface area contributed by atoms with Crippen LogP contribution in [0.3, 0.4) is 0 Å². The molecule has 14 heteroatoms. The Hall–Kier alpha value is -8.78. The third-order valence-electron chi connectivity index (χ3n) is 10.6. The number of ether oxygens (including phenoxy) is 2. The lowest BCUT2D eigenvalue weighted by molar-refractivity contribution is 0.0686. The van der Waals surface area contributed by atoms with Crippen LogP contribution >= 0.6 is 0 Å². The van der Waals surface area contributed by atoms with Gasteiger partial charge in [0.25, 0.3) is 11.8 Å². The van der Waals surface area contributed by atoms with Gasteiger partial charge in [-0.2, -0.15) is 0 Å². The summed E-state index contributed by atoms with van der Waals surface area (Å²) in [5.74, 6) is -2.40. The molecule has 0 aliphatic heterocycles. The van der Waals surface area contributed by atoms with E-state index in [-0.39, 0.29) is 47.0 Å². The highest BCUT2D eigenvalue weighted by Gasteiger charge is 2.26. The second kappa shape index (κ2) is 17.7. The van der Waals surface area contributed by atoms with Gasteiger partial charge in [-0.05, 0) is 98.8 Å². The first-order valence-electron chi connectivity index (χ1n) is 19.9. The van der Waals surface area contributed by atoms with Crippen LogP contribution < -0.4 is 20.1 Å². The van der Waals surface area contributed by atoms with Crippen molar-refractivity contribution >= 4 is 58.0 Å². The Kier molecular flexibility index (Phi) is 11.6. The first-order chi connectivity index (χ1) is 30.9. The number of rotatable bonds is 15. The average Bonchev–Trinajstić information content (AvgIpc) is 3.75. The lowest BCUT2D eigenvalue weighted by Crippen LogP contribution is -2.15. The molecule has 4 N–H and O–H groups in total. The van der Waals surface area contributed by atoms with Gasteiger partial charge in [0.2, 0.25) is 0 Å². The van der Waals surface area contributed by atoms with Crippen molar-refractivity contribution in [1.82, 2.24) is 8.80 Å². The van der Waals surface area contributed by atoms with Crippen molar-refractivity contribution in [3.63, 3.8) is 0 Å². The molecule has 0 unspecified atom stereocenters. The lowest BCUT2D eigenvalue weighted by atomic mass is 9.99. The van der Waals surface area contributed by atoms with E-state index in [9.17, 15) is 39.0 Å². The minimum Gasteiger partial charge on any atom is -0.490 e. The summed E-state index contributed by atoms with van der Waals surface area (Å²) < 4.78 is 15.2. The summed E-state index contributed by atoms with van der Waals surface area (Å²) in [4.78, 5) is 77.9. The van der Waals surface area contributed by atoms with Gasteiger partial charge < -0.3 is 39.1 Å². The maximum Gasteiger partial charge on any atom is 0.335 e. The van der Waals surface area contributed by atoms with Crippen LogP contribution in [0.25, 0.3) is 11.0 Å². The molecule has 0 atom stereocenters. The number of anilines is 2. The molecule has 4 heterocycles. The topological polar surface area (TPSA) is 194 Å². The lowest BCUT2D eigenvalue weighted by Gasteiger charge is -2.11. The molecule has 0 fully saturated rings. The smallest absolute Gasteiger partial charge is 0.335 e. The van der Waals surface area contributed by atoms with Gasteiger partial charge in [0.05, 0.1) is 33.3 Å². The summed E-state index contributed by atoms with van der Waals surface area (Å²) in [5.41, 5.74) is 3.72. The van der Waals surface area contributed by atoms with Crippen LogP contribution in [-0.4, -0.2) is 67.5 Å². The molecule has 8 aromatic rings. The van der Waals surface area contributed by atoms with E-state index >= 15 is 0 Å². The number of fused-ring (bicyclic) bond motifs is 2. The number of hydrogen-bond acceptors (Lipinski definition) is 8. The van der Waals surface area contributed by atoms with Crippen molar-refractivity contribution in [2.75, 3.05) is 23.8 Å². The number of nitrogens with one attached hydrogen (secondary N) is 2. The van der Waals surface area contributed by atoms with Crippen molar-refractivity contribution in [3.05, 3.63) is 201 Å². The van der Waals surface area contributed by atoms with Crippen molar-refractivity contribution in [2.45, 2.75) is 13.8 Å².